The molecule has 2 aromatic carbocycles. The lowest BCUT2D eigenvalue weighted by Crippen LogP contribution is -2.35. The molecule has 26 heavy (non-hydrogen) atoms. The maximum atomic E-state index is 13.0. The Morgan fingerprint density at radius 2 is 1.85 bits per heavy atom. The summed E-state index contributed by atoms with van der Waals surface area (Å²) >= 11 is 0. The van der Waals surface area contributed by atoms with E-state index in [1.807, 2.05) is 31.2 Å². The first kappa shape index (κ1) is 16.8. The van der Waals surface area contributed by atoms with Crippen molar-refractivity contribution in [2.75, 3.05) is 26.3 Å². The lowest BCUT2D eigenvalue weighted by atomic mass is 9.98. The molecule has 5 nitrogen and oxygen atoms in total. The molecule has 134 valence electrons. The number of furan rings is 1. The van der Waals surface area contributed by atoms with Gasteiger partial charge in [0.2, 0.25) is 0 Å². The van der Waals surface area contributed by atoms with Crippen LogP contribution in [0.1, 0.15) is 27.0 Å². The van der Waals surface area contributed by atoms with Crippen molar-refractivity contribution in [2.45, 2.75) is 13.5 Å². The Hall–Kier alpha value is -2.63. The van der Waals surface area contributed by atoms with Gasteiger partial charge in [-0.3, -0.25) is 9.69 Å². The first-order chi connectivity index (χ1) is 12.6. The van der Waals surface area contributed by atoms with E-state index < -0.39 is 0 Å². The number of nitrogens with zero attached hydrogens (tertiary/aromatic N) is 1. The summed E-state index contributed by atoms with van der Waals surface area (Å²) in [7, 11) is 0. The number of hydrogen-bond donors (Lipinski definition) is 1. The number of rotatable bonds is 4. The second kappa shape index (κ2) is 6.94. The van der Waals surface area contributed by atoms with Crippen LogP contribution in [-0.2, 0) is 11.3 Å². The zero-order valence-corrected chi connectivity index (χ0v) is 14.7. The molecule has 1 aromatic heterocycles. The van der Waals surface area contributed by atoms with Crippen molar-refractivity contribution in [1.29, 1.82) is 0 Å². The van der Waals surface area contributed by atoms with E-state index in [1.54, 1.807) is 12.1 Å². The van der Waals surface area contributed by atoms with E-state index in [1.165, 1.54) is 6.26 Å². The molecule has 1 aliphatic heterocycles. The molecule has 5 heteroatoms. The minimum Gasteiger partial charge on any atom is -0.508 e. The summed E-state index contributed by atoms with van der Waals surface area (Å²) in [5.41, 5.74) is 3.54. The summed E-state index contributed by atoms with van der Waals surface area (Å²) in [5, 5.41) is 11.2. The third-order valence-corrected chi connectivity index (χ3v) is 4.87. The number of ether oxygens (including phenoxy) is 1. The maximum absolute atomic E-state index is 13.0. The molecule has 1 aliphatic rings. The van der Waals surface area contributed by atoms with Crippen LogP contribution >= 0.6 is 0 Å². The molecule has 0 amide bonds. The van der Waals surface area contributed by atoms with Crippen LogP contribution < -0.4 is 0 Å². The minimum atomic E-state index is -0.0995. The molecule has 3 aromatic rings. The van der Waals surface area contributed by atoms with Crippen LogP contribution in [0.4, 0.5) is 0 Å². The van der Waals surface area contributed by atoms with E-state index in [-0.39, 0.29) is 11.5 Å². The van der Waals surface area contributed by atoms with Crippen molar-refractivity contribution in [1.82, 2.24) is 4.90 Å². The standard InChI is InChI=1S/C21H21NO4/c1-14-2-4-15(5-3-14)21(24)17-13-26-19-7-6-18(23)16(20(17)19)12-22-8-10-25-11-9-22/h2-7,13,23H,8-12H2,1H3. The molecule has 0 unspecified atom stereocenters. The lowest BCUT2D eigenvalue weighted by molar-refractivity contribution is 0.0340. The fourth-order valence-electron chi connectivity index (χ4n) is 3.36. The number of phenolic OH excluding ortho intramolecular Hbond substituents is 1. The smallest absolute Gasteiger partial charge is 0.196 e. The fourth-order valence-corrected chi connectivity index (χ4v) is 3.36. The highest BCUT2D eigenvalue weighted by Crippen LogP contribution is 2.33. The van der Waals surface area contributed by atoms with Crippen molar-refractivity contribution >= 4 is 16.8 Å². The third-order valence-electron chi connectivity index (χ3n) is 4.87. The van der Waals surface area contributed by atoms with Crippen molar-refractivity contribution in [2.24, 2.45) is 0 Å². The second-order valence-corrected chi connectivity index (χ2v) is 6.67. The predicted octanol–water partition coefficient (Wildman–Crippen LogP) is 3.51. The number of benzene rings is 2. The van der Waals surface area contributed by atoms with Gasteiger partial charge in [-0.1, -0.05) is 29.8 Å². The zero-order chi connectivity index (χ0) is 18.1. The molecule has 0 atom stereocenters. The molecular weight excluding hydrogens is 330 g/mol. The van der Waals surface area contributed by atoms with Gasteiger partial charge in [0, 0.05) is 36.1 Å². The Morgan fingerprint density at radius 1 is 1.12 bits per heavy atom. The molecule has 0 spiro atoms. The van der Waals surface area contributed by atoms with E-state index in [9.17, 15) is 9.90 Å². The molecule has 0 bridgehead atoms. The predicted molar refractivity (Wildman–Crippen MR) is 98.6 cm³/mol. The number of carbonyl (C=O) groups is 1. The first-order valence-corrected chi connectivity index (χ1v) is 8.77. The van der Waals surface area contributed by atoms with Crippen LogP contribution in [0.5, 0.6) is 5.75 Å². The largest absolute Gasteiger partial charge is 0.508 e. The van der Waals surface area contributed by atoms with E-state index in [0.717, 1.165) is 24.2 Å². The average molecular weight is 351 g/mol. The van der Waals surface area contributed by atoms with Gasteiger partial charge >= 0.3 is 0 Å². The summed E-state index contributed by atoms with van der Waals surface area (Å²) in [6.07, 6.45) is 1.50. The SMILES string of the molecule is Cc1ccc(C(=O)c2coc3ccc(O)c(CN4CCOCC4)c23)cc1. The first-order valence-electron chi connectivity index (χ1n) is 8.77. The molecule has 0 radical (unpaired) electrons. The Labute approximate surface area is 151 Å². The summed E-state index contributed by atoms with van der Waals surface area (Å²) < 4.78 is 11.0. The molecule has 1 N–H and O–H groups in total. The lowest BCUT2D eigenvalue weighted by Gasteiger charge is -2.27. The number of carbonyl (C=O) groups excluding carboxylic acids is 1. The van der Waals surface area contributed by atoms with E-state index in [2.05, 4.69) is 4.90 Å². The summed E-state index contributed by atoms with van der Waals surface area (Å²) in [4.78, 5) is 15.2. The topological polar surface area (TPSA) is 62.9 Å². The van der Waals surface area contributed by atoms with Crippen molar-refractivity contribution in [3.63, 3.8) is 0 Å². The summed E-state index contributed by atoms with van der Waals surface area (Å²) in [5.74, 6) is 0.0842. The average Bonchev–Trinajstić information content (AvgIpc) is 3.09. The number of ketones is 1. The van der Waals surface area contributed by atoms with Gasteiger partial charge in [0.15, 0.2) is 5.78 Å². The molecule has 0 saturated carbocycles. The Morgan fingerprint density at radius 3 is 2.58 bits per heavy atom. The molecule has 2 heterocycles. The van der Waals surface area contributed by atoms with Crippen molar-refractivity contribution in [3.8, 4) is 5.75 Å². The van der Waals surface area contributed by atoms with Gasteiger partial charge in [0.05, 0.1) is 18.8 Å². The van der Waals surface area contributed by atoms with Gasteiger partial charge < -0.3 is 14.3 Å². The monoisotopic (exact) mass is 351 g/mol. The Kier molecular flexibility index (Phi) is 4.49. The molecule has 1 saturated heterocycles. The quantitative estimate of drug-likeness (QED) is 0.729. The zero-order valence-electron chi connectivity index (χ0n) is 14.7. The van der Waals surface area contributed by atoms with Gasteiger partial charge in [-0.2, -0.15) is 0 Å². The molecule has 0 aliphatic carbocycles. The minimum absolute atomic E-state index is 0.0995. The third kappa shape index (κ3) is 3.11. The second-order valence-electron chi connectivity index (χ2n) is 6.67. The Bertz CT molecular complexity index is 937. The van der Waals surface area contributed by atoms with Gasteiger partial charge in [-0.15, -0.1) is 0 Å². The van der Waals surface area contributed by atoms with E-state index in [0.29, 0.717) is 41.9 Å². The number of morpholine rings is 1. The number of fused-ring (bicyclic) bond motifs is 1. The number of aryl methyl sites for hydroxylation is 1. The number of aromatic hydroxyl groups is 1. The van der Waals surface area contributed by atoms with Gasteiger partial charge in [-0.25, -0.2) is 0 Å². The maximum Gasteiger partial charge on any atom is 0.196 e. The van der Waals surface area contributed by atoms with Crippen LogP contribution in [0, 0.1) is 6.92 Å². The number of phenols is 1. The van der Waals surface area contributed by atoms with Crippen molar-refractivity contribution in [3.05, 3.63) is 64.9 Å². The molecule has 4 rings (SSSR count). The van der Waals surface area contributed by atoms with Gasteiger partial charge in [0.25, 0.3) is 0 Å². The molecule has 1 fully saturated rings. The van der Waals surface area contributed by atoms with E-state index >= 15 is 0 Å². The summed E-state index contributed by atoms with van der Waals surface area (Å²) in [6.45, 7) is 5.50. The Balaban J connectivity index is 1.76. The van der Waals surface area contributed by atoms with Gasteiger partial charge in [0.1, 0.15) is 17.6 Å². The van der Waals surface area contributed by atoms with Crippen LogP contribution in [0.2, 0.25) is 0 Å². The van der Waals surface area contributed by atoms with E-state index in [4.69, 9.17) is 9.15 Å². The normalized spacial score (nSPS) is 15.4. The summed E-state index contributed by atoms with van der Waals surface area (Å²) in [6, 6.07) is 10.8. The highest BCUT2D eigenvalue weighted by Gasteiger charge is 2.22. The van der Waals surface area contributed by atoms with Crippen LogP contribution in [0.3, 0.4) is 0 Å². The van der Waals surface area contributed by atoms with Crippen LogP contribution in [-0.4, -0.2) is 42.1 Å². The fraction of sp³-hybridized carbons (Fsp3) is 0.286. The van der Waals surface area contributed by atoms with Crippen molar-refractivity contribution < 1.29 is 19.1 Å². The number of hydrogen-bond acceptors (Lipinski definition) is 5. The highest BCUT2D eigenvalue weighted by atomic mass is 16.5. The van der Waals surface area contributed by atoms with Crippen LogP contribution in [0.25, 0.3) is 11.0 Å². The molecular formula is C21H21NO4. The van der Waals surface area contributed by atoms with Gasteiger partial charge in [-0.05, 0) is 19.1 Å². The highest BCUT2D eigenvalue weighted by molar-refractivity contribution is 6.16. The van der Waals surface area contributed by atoms with Crippen LogP contribution in [0.15, 0.2) is 47.1 Å².